The van der Waals surface area contributed by atoms with Gasteiger partial charge in [0, 0.05) is 29.1 Å². The molecule has 212 valence electrons. The van der Waals surface area contributed by atoms with Crippen LogP contribution in [0.5, 0.6) is 0 Å². The number of para-hydroxylation sites is 2. The molecule has 11 heteroatoms. The molecule has 0 radical (unpaired) electrons. The SMILES string of the molecule is CCOP(=O)(OCC)c1ccc(NC(=O)CCCc2oc(-n3cnc4ccccc43)nc2-c2ccc(Cl)cc2)cc1. The van der Waals surface area contributed by atoms with Gasteiger partial charge in [0.2, 0.25) is 5.91 Å². The van der Waals surface area contributed by atoms with Crippen molar-refractivity contribution in [3.63, 3.8) is 0 Å². The fourth-order valence-corrected chi connectivity index (χ4v) is 6.14. The molecule has 0 fully saturated rings. The average Bonchev–Trinajstić information content (AvgIpc) is 3.58. The second kappa shape index (κ2) is 12.8. The van der Waals surface area contributed by atoms with Gasteiger partial charge in [-0.2, -0.15) is 4.98 Å². The van der Waals surface area contributed by atoms with Crippen LogP contribution in [0.1, 0.15) is 32.4 Å². The molecule has 5 aromatic rings. The summed E-state index contributed by atoms with van der Waals surface area (Å²) in [6.45, 7) is 4.05. The third kappa shape index (κ3) is 6.60. The van der Waals surface area contributed by atoms with Crippen molar-refractivity contribution in [1.29, 1.82) is 0 Å². The Morgan fingerprint density at radius 1 is 1.00 bits per heavy atom. The first-order chi connectivity index (χ1) is 19.9. The summed E-state index contributed by atoms with van der Waals surface area (Å²) in [6, 6.07) is 22.2. The van der Waals surface area contributed by atoms with E-state index in [1.54, 1.807) is 44.4 Å². The van der Waals surface area contributed by atoms with Crippen molar-refractivity contribution in [1.82, 2.24) is 14.5 Å². The zero-order chi connectivity index (χ0) is 28.8. The van der Waals surface area contributed by atoms with Gasteiger partial charge in [0.05, 0.1) is 29.6 Å². The van der Waals surface area contributed by atoms with Crippen molar-refractivity contribution >= 4 is 47.1 Å². The van der Waals surface area contributed by atoms with Gasteiger partial charge >= 0.3 is 13.6 Å². The highest BCUT2D eigenvalue weighted by Crippen LogP contribution is 2.46. The highest BCUT2D eigenvalue weighted by molar-refractivity contribution is 7.62. The van der Waals surface area contributed by atoms with E-state index >= 15 is 0 Å². The van der Waals surface area contributed by atoms with Crippen LogP contribution in [0.15, 0.2) is 83.5 Å². The first-order valence-electron chi connectivity index (χ1n) is 13.4. The molecular weight excluding hydrogens is 563 g/mol. The van der Waals surface area contributed by atoms with Crippen LogP contribution < -0.4 is 10.6 Å². The van der Waals surface area contributed by atoms with Gasteiger partial charge < -0.3 is 18.8 Å². The smallest absolute Gasteiger partial charge is 0.361 e. The number of fused-ring (bicyclic) bond motifs is 1. The Morgan fingerprint density at radius 2 is 1.71 bits per heavy atom. The Bertz CT molecular complexity index is 1670. The Balaban J connectivity index is 1.28. The average molecular weight is 593 g/mol. The number of halogens is 1. The number of imidazole rings is 1. The van der Waals surface area contributed by atoms with Crippen LogP contribution in [0.25, 0.3) is 28.3 Å². The monoisotopic (exact) mass is 592 g/mol. The molecule has 0 atom stereocenters. The third-order valence-electron chi connectivity index (χ3n) is 6.34. The van der Waals surface area contributed by atoms with Gasteiger partial charge in [0.15, 0.2) is 0 Å². The molecular formula is C30H30ClN4O5P. The molecule has 41 heavy (non-hydrogen) atoms. The minimum atomic E-state index is -3.38. The zero-order valence-corrected chi connectivity index (χ0v) is 24.4. The van der Waals surface area contributed by atoms with Crippen LogP contribution in [0.2, 0.25) is 5.02 Å². The van der Waals surface area contributed by atoms with E-state index in [1.165, 1.54) is 0 Å². The number of aryl methyl sites for hydroxylation is 1. The lowest BCUT2D eigenvalue weighted by atomic mass is 10.1. The number of hydrogen-bond donors (Lipinski definition) is 1. The molecule has 0 aliphatic carbocycles. The van der Waals surface area contributed by atoms with Gasteiger partial charge in [-0.15, -0.1) is 0 Å². The number of nitrogens with one attached hydrogen (secondary N) is 1. The van der Waals surface area contributed by atoms with E-state index in [4.69, 9.17) is 30.0 Å². The first-order valence-corrected chi connectivity index (χ1v) is 15.3. The standard InChI is InChI=1S/C30H30ClN4O5P/c1-3-38-41(37,39-4-2)24-18-16-23(17-19-24)33-28(36)11-7-10-27-29(21-12-14-22(31)15-13-21)34-30(40-27)35-20-32-25-8-5-6-9-26(25)35/h5-6,8-9,12-20H,3-4,7,10-11H2,1-2H3,(H,33,36). The number of benzene rings is 3. The van der Waals surface area contributed by atoms with Crippen LogP contribution >= 0.6 is 19.2 Å². The number of rotatable bonds is 12. The lowest BCUT2D eigenvalue weighted by Crippen LogP contribution is -2.14. The Kier molecular flexibility index (Phi) is 9.00. The zero-order valence-electron chi connectivity index (χ0n) is 22.7. The summed E-state index contributed by atoms with van der Waals surface area (Å²) in [7, 11) is -3.38. The van der Waals surface area contributed by atoms with Crippen molar-refractivity contribution in [3.05, 3.63) is 89.9 Å². The van der Waals surface area contributed by atoms with Crippen molar-refractivity contribution in [2.24, 2.45) is 0 Å². The number of aromatic nitrogens is 3. The van der Waals surface area contributed by atoms with E-state index < -0.39 is 7.60 Å². The molecule has 5 rings (SSSR count). The molecule has 0 saturated carbocycles. The quantitative estimate of drug-likeness (QED) is 0.153. The Morgan fingerprint density at radius 3 is 2.41 bits per heavy atom. The topological polar surface area (TPSA) is 108 Å². The van der Waals surface area contributed by atoms with Crippen molar-refractivity contribution in [2.75, 3.05) is 18.5 Å². The lowest BCUT2D eigenvalue weighted by molar-refractivity contribution is -0.116. The summed E-state index contributed by atoms with van der Waals surface area (Å²) >= 11 is 6.11. The minimum absolute atomic E-state index is 0.149. The third-order valence-corrected chi connectivity index (χ3v) is 8.72. The number of carbonyl (C=O) groups excluding carboxylic acids is 1. The van der Waals surface area contributed by atoms with Crippen molar-refractivity contribution in [2.45, 2.75) is 33.1 Å². The molecule has 0 aliphatic rings. The largest absolute Gasteiger partial charge is 0.427 e. The van der Waals surface area contributed by atoms with Gasteiger partial charge in [-0.1, -0.05) is 35.9 Å². The Hall–Kier alpha value is -3.75. The number of anilines is 1. The van der Waals surface area contributed by atoms with Gasteiger partial charge in [-0.05, 0) is 68.8 Å². The molecule has 2 heterocycles. The fourth-order valence-electron chi connectivity index (χ4n) is 4.44. The summed E-state index contributed by atoms with van der Waals surface area (Å²) in [4.78, 5) is 22.0. The number of amides is 1. The molecule has 9 nitrogen and oxygen atoms in total. The van der Waals surface area contributed by atoms with E-state index in [1.807, 2.05) is 53.1 Å². The predicted molar refractivity (Wildman–Crippen MR) is 160 cm³/mol. The van der Waals surface area contributed by atoms with Crippen LogP contribution in [-0.4, -0.2) is 33.7 Å². The minimum Gasteiger partial charge on any atom is -0.427 e. The summed E-state index contributed by atoms with van der Waals surface area (Å²) in [5.74, 6) is 0.517. The normalized spacial score (nSPS) is 11.7. The van der Waals surface area contributed by atoms with E-state index in [0.29, 0.717) is 46.3 Å². The molecule has 2 aromatic heterocycles. The number of hydrogen-bond acceptors (Lipinski definition) is 7. The van der Waals surface area contributed by atoms with Crippen LogP contribution in [0.4, 0.5) is 5.69 Å². The first kappa shape index (κ1) is 28.8. The highest BCUT2D eigenvalue weighted by Gasteiger charge is 2.26. The number of nitrogens with zero attached hydrogens (tertiary/aromatic N) is 3. The van der Waals surface area contributed by atoms with Crippen LogP contribution in [-0.2, 0) is 24.8 Å². The summed E-state index contributed by atoms with van der Waals surface area (Å²) in [5.41, 5.74) is 3.87. The van der Waals surface area contributed by atoms with Crippen LogP contribution in [0, 0.1) is 0 Å². The van der Waals surface area contributed by atoms with Gasteiger partial charge in [0.25, 0.3) is 0 Å². The van der Waals surface area contributed by atoms with Crippen molar-refractivity contribution < 1.29 is 22.8 Å². The van der Waals surface area contributed by atoms with E-state index in [9.17, 15) is 9.36 Å². The molecule has 0 bridgehead atoms. The predicted octanol–water partition coefficient (Wildman–Crippen LogP) is 7.19. The molecule has 0 unspecified atom stereocenters. The van der Waals surface area contributed by atoms with Gasteiger partial charge in [0.1, 0.15) is 17.8 Å². The Labute approximate surface area is 243 Å². The highest BCUT2D eigenvalue weighted by atomic mass is 35.5. The summed E-state index contributed by atoms with van der Waals surface area (Å²) in [6.07, 6.45) is 2.98. The maximum absolute atomic E-state index is 13.0. The number of carbonyl (C=O) groups is 1. The maximum atomic E-state index is 13.0. The van der Waals surface area contributed by atoms with E-state index in [2.05, 4.69) is 10.3 Å². The van der Waals surface area contributed by atoms with Gasteiger partial charge in [-0.3, -0.25) is 13.9 Å². The van der Waals surface area contributed by atoms with Gasteiger partial charge in [-0.25, -0.2) is 4.98 Å². The molecule has 3 aromatic carbocycles. The van der Waals surface area contributed by atoms with Crippen molar-refractivity contribution in [3.8, 4) is 17.3 Å². The summed E-state index contributed by atoms with van der Waals surface area (Å²) < 4.78 is 31.8. The lowest BCUT2D eigenvalue weighted by Gasteiger charge is -2.17. The molecule has 1 amide bonds. The molecule has 0 spiro atoms. The second-order valence-electron chi connectivity index (χ2n) is 9.16. The van der Waals surface area contributed by atoms with E-state index in [-0.39, 0.29) is 25.5 Å². The molecule has 0 saturated heterocycles. The van der Waals surface area contributed by atoms with E-state index in [0.717, 1.165) is 16.6 Å². The van der Waals surface area contributed by atoms with Crippen LogP contribution in [0.3, 0.4) is 0 Å². The molecule has 0 aliphatic heterocycles. The molecule has 1 N–H and O–H groups in total. The maximum Gasteiger partial charge on any atom is 0.361 e. The second-order valence-corrected chi connectivity index (χ2v) is 11.6. The summed E-state index contributed by atoms with van der Waals surface area (Å²) in [5, 5.41) is 3.96. The fraction of sp³-hybridized carbons (Fsp3) is 0.233. The number of oxazole rings is 1.